The molecule has 0 aliphatic carbocycles. The van der Waals surface area contributed by atoms with Gasteiger partial charge in [0.2, 0.25) is 5.88 Å². The van der Waals surface area contributed by atoms with Crippen LogP contribution in [0.5, 0.6) is 5.88 Å². The number of carbonyl (C=O) groups excluding carboxylic acids is 1. The molecule has 1 aromatic heterocycles. The van der Waals surface area contributed by atoms with Gasteiger partial charge in [-0.1, -0.05) is 32.5 Å². The Labute approximate surface area is 148 Å². The lowest BCUT2D eigenvalue weighted by Gasteiger charge is -2.32. The summed E-state index contributed by atoms with van der Waals surface area (Å²) in [6, 6.07) is 1.68. The monoisotopic (exact) mass is 356 g/mol. The Bertz CT molecular complexity index is 545. The number of methoxy groups -OCH3 is 1. The minimum atomic E-state index is -0.578. The van der Waals surface area contributed by atoms with Crippen LogP contribution in [0.25, 0.3) is 0 Å². The number of anilines is 1. The van der Waals surface area contributed by atoms with Crippen LogP contribution in [0.1, 0.15) is 41.5 Å². The fourth-order valence-corrected chi connectivity index (χ4v) is 2.16. The highest BCUT2D eigenvalue weighted by atomic mass is 32.2. The number of rotatable bonds is 5. The third-order valence-corrected chi connectivity index (χ3v) is 3.14. The lowest BCUT2D eigenvalue weighted by Crippen LogP contribution is -2.48. The zero-order chi connectivity index (χ0) is 18.5. The van der Waals surface area contributed by atoms with Crippen molar-refractivity contribution >= 4 is 23.7 Å². The van der Waals surface area contributed by atoms with Gasteiger partial charge in [-0.15, -0.1) is 0 Å². The molecule has 0 saturated carbocycles. The molecule has 7 nitrogen and oxygen atoms in total. The number of aromatic nitrogens is 2. The molecular weight excluding hydrogens is 328 g/mol. The summed E-state index contributed by atoms with van der Waals surface area (Å²) in [5.41, 5.74) is 2.11. The Morgan fingerprint density at radius 3 is 2.33 bits per heavy atom. The average Bonchev–Trinajstić information content (AvgIpc) is 2.42. The Hall–Kier alpha value is -1.70. The van der Waals surface area contributed by atoms with Crippen LogP contribution < -0.4 is 15.2 Å². The van der Waals surface area contributed by atoms with Gasteiger partial charge in [-0.05, 0) is 32.4 Å². The zero-order valence-corrected chi connectivity index (χ0v) is 16.6. The molecule has 0 bridgehead atoms. The molecule has 0 spiro atoms. The van der Waals surface area contributed by atoms with E-state index in [2.05, 4.69) is 36.2 Å². The summed E-state index contributed by atoms with van der Waals surface area (Å²) in [6.45, 7) is 12.2. The van der Waals surface area contributed by atoms with Crippen molar-refractivity contribution in [2.24, 2.45) is 5.41 Å². The normalized spacial score (nSPS) is 11.8. The van der Waals surface area contributed by atoms with Crippen LogP contribution in [0.4, 0.5) is 10.6 Å². The van der Waals surface area contributed by atoms with E-state index in [0.717, 1.165) is 0 Å². The molecule has 0 aliphatic heterocycles. The molecule has 1 amide bonds. The second kappa shape index (κ2) is 7.92. The van der Waals surface area contributed by atoms with Crippen molar-refractivity contribution in [3.05, 3.63) is 6.07 Å². The van der Waals surface area contributed by atoms with Crippen molar-refractivity contribution in [2.45, 2.75) is 52.3 Å². The van der Waals surface area contributed by atoms with Gasteiger partial charge >= 0.3 is 6.09 Å². The van der Waals surface area contributed by atoms with Crippen molar-refractivity contribution < 1.29 is 14.3 Å². The van der Waals surface area contributed by atoms with E-state index >= 15 is 0 Å². The van der Waals surface area contributed by atoms with Crippen LogP contribution in [0.15, 0.2) is 11.2 Å². The highest BCUT2D eigenvalue weighted by molar-refractivity contribution is 7.98. The first-order chi connectivity index (χ1) is 10.9. The smallest absolute Gasteiger partial charge is 0.426 e. The van der Waals surface area contributed by atoms with Crippen LogP contribution >= 0.6 is 11.8 Å². The summed E-state index contributed by atoms with van der Waals surface area (Å²) in [4.78, 5) is 20.9. The maximum atomic E-state index is 12.2. The van der Waals surface area contributed by atoms with Crippen LogP contribution in [0.2, 0.25) is 0 Å². The zero-order valence-electron chi connectivity index (χ0n) is 15.8. The number of hydrogen-bond donors (Lipinski definition) is 1. The highest BCUT2D eigenvalue weighted by Crippen LogP contribution is 2.24. The van der Waals surface area contributed by atoms with E-state index in [9.17, 15) is 4.79 Å². The molecule has 0 aliphatic rings. The second-order valence-electron chi connectivity index (χ2n) is 7.52. The first-order valence-electron chi connectivity index (χ1n) is 7.68. The Balaban J connectivity index is 3.12. The standard InChI is InChI=1S/C16H28N4O3S/c1-15(2,3)10-20(19-14(21)23-16(4,5)6)11-9-12(22-7)18-13(17-11)24-8/h9H,10H2,1-8H3,(H,19,21). The number of hydrogen-bond acceptors (Lipinski definition) is 7. The molecule has 0 fully saturated rings. The minimum absolute atomic E-state index is 0.0767. The summed E-state index contributed by atoms with van der Waals surface area (Å²) in [5, 5.41) is 2.23. The molecular formula is C16H28N4O3S. The Morgan fingerprint density at radius 1 is 1.25 bits per heavy atom. The van der Waals surface area contributed by atoms with E-state index in [1.54, 1.807) is 18.2 Å². The molecule has 24 heavy (non-hydrogen) atoms. The number of ether oxygens (including phenoxy) is 2. The van der Waals surface area contributed by atoms with Gasteiger partial charge in [-0.2, -0.15) is 4.98 Å². The maximum Gasteiger partial charge on any atom is 0.426 e. The molecule has 0 radical (unpaired) electrons. The van der Waals surface area contributed by atoms with E-state index in [-0.39, 0.29) is 5.41 Å². The predicted octanol–water partition coefficient (Wildman–Crippen LogP) is 3.50. The van der Waals surface area contributed by atoms with Crippen LogP contribution in [-0.4, -0.2) is 41.6 Å². The van der Waals surface area contributed by atoms with Crippen LogP contribution in [0, 0.1) is 5.41 Å². The van der Waals surface area contributed by atoms with Gasteiger partial charge < -0.3 is 9.47 Å². The number of thioether (sulfide) groups is 1. The van der Waals surface area contributed by atoms with E-state index in [1.165, 1.54) is 11.8 Å². The molecule has 1 aromatic rings. The third-order valence-electron chi connectivity index (χ3n) is 2.59. The van der Waals surface area contributed by atoms with Gasteiger partial charge in [0.1, 0.15) is 5.60 Å². The lowest BCUT2D eigenvalue weighted by atomic mass is 9.97. The SMILES string of the molecule is COc1cc(N(CC(C)(C)C)NC(=O)OC(C)(C)C)nc(SC)n1. The van der Waals surface area contributed by atoms with Gasteiger partial charge in [-0.3, -0.25) is 5.01 Å². The highest BCUT2D eigenvalue weighted by Gasteiger charge is 2.24. The molecule has 136 valence electrons. The number of nitrogens with one attached hydrogen (secondary N) is 1. The first kappa shape index (κ1) is 20.3. The predicted molar refractivity (Wildman–Crippen MR) is 96.5 cm³/mol. The summed E-state index contributed by atoms with van der Waals surface area (Å²) in [6.07, 6.45) is 1.35. The van der Waals surface area contributed by atoms with Crippen LogP contribution in [0.3, 0.4) is 0 Å². The second-order valence-corrected chi connectivity index (χ2v) is 8.29. The first-order valence-corrected chi connectivity index (χ1v) is 8.90. The summed E-state index contributed by atoms with van der Waals surface area (Å²) in [5.74, 6) is 0.987. The van der Waals surface area contributed by atoms with Crippen LogP contribution in [-0.2, 0) is 4.74 Å². The topological polar surface area (TPSA) is 76.6 Å². The molecule has 0 atom stereocenters. The molecule has 8 heteroatoms. The fourth-order valence-electron chi connectivity index (χ4n) is 1.79. The van der Waals surface area contributed by atoms with E-state index < -0.39 is 11.7 Å². The molecule has 0 saturated heterocycles. The van der Waals surface area contributed by atoms with E-state index in [1.807, 2.05) is 27.0 Å². The van der Waals surface area contributed by atoms with Crippen molar-refractivity contribution in [2.75, 3.05) is 24.9 Å². The average molecular weight is 356 g/mol. The summed E-state index contributed by atoms with van der Waals surface area (Å²) >= 11 is 1.40. The van der Waals surface area contributed by atoms with Crippen molar-refractivity contribution in [1.29, 1.82) is 0 Å². The van der Waals surface area contributed by atoms with Gasteiger partial charge in [0, 0.05) is 12.6 Å². The lowest BCUT2D eigenvalue weighted by molar-refractivity contribution is 0.0516. The van der Waals surface area contributed by atoms with Gasteiger partial charge in [0.15, 0.2) is 11.0 Å². The quantitative estimate of drug-likeness (QED) is 0.491. The van der Waals surface area contributed by atoms with Crippen molar-refractivity contribution in [3.63, 3.8) is 0 Å². The minimum Gasteiger partial charge on any atom is -0.481 e. The number of carbonyl (C=O) groups is 1. The summed E-state index contributed by atoms with van der Waals surface area (Å²) < 4.78 is 10.6. The largest absolute Gasteiger partial charge is 0.481 e. The molecule has 1 N–H and O–H groups in total. The van der Waals surface area contributed by atoms with Crippen molar-refractivity contribution in [1.82, 2.24) is 15.4 Å². The number of hydrazine groups is 1. The third kappa shape index (κ3) is 7.25. The molecule has 0 unspecified atom stereocenters. The molecule has 0 aromatic carbocycles. The number of nitrogens with zero attached hydrogens (tertiary/aromatic N) is 3. The molecule has 1 rings (SSSR count). The maximum absolute atomic E-state index is 12.2. The fraction of sp³-hybridized carbons (Fsp3) is 0.688. The number of amides is 1. The van der Waals surface area contributed by atoms with Crippen molar-refractivity contribution in [3.8, 4) is 5.88 Å². The van der Waals surface area contributed by atoms with E-state index in [4.69, 9.17) is 9.47 Å². The van der Waals surface area contributed by atoms with Gasteiger partial charge in [0.05, 0.1) is 7.11 Å². The Kier molecular flexibility index (Phi) is 6.71. The molecule has 1 heterocycles. The Morgan fingerprint density at radius 2 is 1.88 bits per heavy atom. The summed E-state index contributed by atoms with van der Waals surface area (Å²) in [7, 11) is 1.55. The van der Waals surface area contributed by atoms with Gasteiger partial charge in [-0.25, -0.2) is 15.2 Å². The van der Waals surface area contributed by atoms with E-state index in [0.29, 0.717) is 23.4 Å². The van der Waals surface area contributed by atoms with Gasteiger partial charge in [0.25, 0.3) is 0 Å².